The van der Waals surface area contributed by atoms with Crippen LogP contribution >= 0.6 is 11.6 Å². The lowest BCUT2D eigenvalue weighted by molar-refractivity contribution is -0.149. The van der Waals surface area contributed by atoms with E-state index in [-0.39, 0.29) is 34.9 Å². The van der Waals surface area contributed by atoms with Gasteiger partial charge in [0.1, 0.15) is 5.60 Å². The van der Waals surface area contributed by atoms with Gasteiger partial charge in [-0.1, -0.05) is 35.9 Å². The van der Waals surface area contributed by atoms with Gasteiger partial charge in [-0.15, -0.1) is 0 Å². The van der Waals surface area contributed by atoms with Crippen molar-refractivity contribution < 1.29 is 36.9 Å². The molecule has 3 aliphatic heterocycles. The van der Waals surface area contributed by atoms with E-state index >= 15 is 0 Å². The van der Waals surface area contributed by atoms with Crippen LogP contribution in [0.5, 0.6) is 23.0 Å². The number of fused-ring (bicyclic) bond motifs is 3. The maximum Gasteiger partial charge on any atom is 0.357 e. The Labute approximate surface area is 224 Å². The van der Waals surface area contributed by atoms with Crippen LogP contribution < -0.4 is 23.3 Å². The molecule has 0 amide bonds. The second kappa shape index (κ2) is 8.57. The Kier molecular flexibility index (Phi) is 5.51. The van der Waals surface area contributed by atoms with E-state index in [2.05, 4.69) is 0 Å². The standard InChI is InChI=1S/C27H22ClNO8S/c1-27(2,3)37-26(30)25-24(15-8-9-19-20(10-15)34-13-33-19)16-6-4-5-7-23(16)38(31,32)29(25)18-12-22-21(11-17(18)28)35-14-36-22/h4-12H,13-14H2,1-3H3. The number of hydrogen-bond acceptors (Lipinski definition) is 8. The maximum absolute atomic E-state index is 14.2. The van der Waals surface area contributed by atoms with Gasteiger partial charge in [0.2, 0.25) is 13.6 Å². The summed E-state index contributed by atoms with van der Waals surface area (Å²) in [6, 6.07) is 14.5. The zero-order chi connectivity index (χ0) is 26.8. The molecule has 6 rings (SSSR count). The topological polar surface area (TPSA) is 101 Å². The highest BCUT2D eigenvalue weighted by molar-refractivity contribution is 7.93. The molecule has 9 nitrogen and oxygen atoms in total. The molecule has 0 aromatic heterocycles. The van der Waals surface area contributed by atoms with Crippen molar-refractivity contribution in [1.82, 2.24) is 0 Å². The van der Waals surface area contributed by atoms with E-state index in [1.54, 1.807) is 57.2 Å². The van der Waals surface area contributed by atoms with Crippen LogP contribution in [0.15, 0.2) is 65.2 Å². The number of hydrogen-bond donors (Lipinski definition) is 0. The molecule has 0 aliphatic carbocycles. The first-order chi connectivity index (χ1) is 18.0. The second-order valence-electron chi connectivity index (χ2n) is 9.72. The minimum Gasteiger partial charge on any atom is -0.455 e. The third-order valence-corrected chi connectivity index (χ3v) is 8.10. The number of anilines is 1. The number of ether oxygens (including phenoxy) is 5. The van der Waals surface area contributed by atoms with E-state index in [0.717, 1.165) is 4.31 Å². The van der Waals surface area contributed by atoms with Crippen LogP contribution in [0, 0.1) is 0 Å². The van der Waals surface area contributed by atoms with E-state index in [1.165, 1.54) is 18.2 Å². The lowest BCUT2D eigenvalue weighted by Gasteiger charge is -2.35. The molecule has 0 atom stereocenters. The molecule has 0 saturated heterocycles. The van der Waals surface area contributed by atoms with Gasteiger partial charge in [0.15, 0.2) is 28.7 Å². The molecular weight excluding hydrogens is 534 g/mol. The average molecular weight is 556 g/mol. The van der Waals surface area contributed by atoms with Gasteiger partial charge in [0.25, 0.3) is 10.0 Å². The fraction of sp³-hybridized carbons (Fsp3) is 0.222. The molecule has 3 aromatic rings. The second-order valence-corrected chi connectivity index (χ2v) is 11.9. The third kappa shape index (κ3) is 3.91. The third-order valence-electron chi connectivity index (χ3n) is 6.03. The van der Waals surface area contributed by atoms with E-state index in [0.29, 0.717) is 39.7 Å². The molecule has 0 saturated carbocycles. The Balaban J connectivity index is 1.70. The molecule has 3 heterocycles. The number of rotatable bonds is 3. The Morgan fingerprint density at radius 3 is 2.24 bits per heavy atom. The monoisotopic (exact) mass is 555 g/mol. The van der Waals surface area contributed by atoms with Crippen LogP contribution in [0.2, 0.25) is 5.02 Å². The zero-order valence-electron chi connectivity index (χ0n) is 20.6. The summed E-state index contributed by atoms with van der Waals surface area (Å²) in [6.07, 6.45) is 0. The zero-order valence-corrected chi connectivity index (χ0v) is 22.2. The van der Waals surface area contributed by atoms with Crippen molar-refractivity contribution >= 4 is 38.9 Å². The fourth-order valence-electron chi connectivity index (χ4n) is 4.51. The van der Waals surface area contributed by atoms with Crippen LogP contribution in [0.1, 0.15) is 31.9 Å². The molecule has 0 radical (unpaired) electrons. The molecule has 0 spiro atoms. The molecule has 38 heavy (non-hydrogen) atoms. The summed E-state index contributed by atoms with van der Waals surface area (Å²) in [5.41, 5.74) is 0.0639. The first kappa shape index (κ1) is 24.4. The van der Waals surface area contributed by atoms with Crippen molar-refractivity contribution in [3.05, 3.63) is 76.4 Å². The molecule has 196 valence electrons. The maximum atomic E-state index is 14.2. The van der Waals surface area contributed by atoms with Gasteiger partial charge in [-0.2, -0.15) is 0 Å². The number of carbonyl (C=O) groups excluding carboxylic acids is 1. The van der Waals surface area contributed by atoms with Gasteiger partial charge < -0.3 is 23.7 Å². The Hall–Kier alpha value is -3.89. The fourth-order valence-corrected chi connectivity index (χ4v) is 6.51. The molecule has 0 unspecified atom stereocenters. The highest BCUT2D eigenvalue weighted by Crippen LogP contribution is 2.49. The van der Waals surface area contributed by atoms with Gasteiger partial charge >= 0.3 is 5.97 Å². The molecule has 3 aliphatic rings. The van der Waals surface area contributed by atoms with Crippen molar-refractivity contribution in [1.29, 1.82) is 0 Å². The summed E-state index contributed by atoms with van der Waals surface area (Å²) >= 11 is 6.62. The average Bonchev–Trinajstić information content (AvgIpc) is 3.51. The Bertz CT molecular complexity index is 1640. The van der Waals surface area contributed by atoms with Gasteiger partial charge in [-0.3, -0.25) is 0 Å². The van der Waals surface area contributed by atoms with Crippen LogP contribution in [0.3, 0.4) is 0 Å². The number of halogens is 1. The SMILES string of the molecule is CC(C)(C)OC(=O)C1=C(c2ccc3c(c2)OCO3)c2ccccc2S(=O)(=O)N1c1cc2c(cc1Cl)OCO2. The van der Waals surface area contributed by atoms with Gasteiger partial charge in [-0.05, 0) is 44.5 Å². The predicted octanol–water partition coefficient (Wildman–Crippen LogP) is 5.11. The number of esters is 1. The van der Waals surface area contributed by atoms with Crippen LogP contribution in [0.4, 0.5) is 5.69 Å². The van der Waals surface area contributed by atoms with Crippen molar-refractivity contribution in [3.8, 4) is 23.0 Å². The summed E-state index contributed by atoms with van der Waals surface area (Å²) in [5, 5.41) is 0.0447. The lowest BCUT2D eigenvalue weighted by Crippen LogP contribution is -2.40. The van der Waals surface area contributed by atoms with E-state index < -0.39 is 21.6 Å². The Morgan fingerprint density at radius 2 is 1.53 bits per heavy atom. The summed E-state index contributed by atoms with van der Waals surface area (Å²) in [7, 11) is -4.34. The van der Waals surface area contributed by atoms with E-state index in [9.17, 15) is 13.2 Å². The van der Waals surface area contributed by atoms with Crippen LogP contribution in [-0.2, 0) is 19.6 Å². The predicted molar refractivity (Wildman–Crippen MR) is 138 cm³/mol. The van der Waals surface area contributed by atoms with Gasteiger partial charge in [0, 0.05) is 23.3 Å². The molecule has 0 N–H and O–H groups in total. The first-order valence-electron chi connectivity index (χ1n) is 11.7. The van der Waals surface area contributed by atoms with Crippen LogP contribution in [0.25, 0.3) is 5.57 Å². The summed E-state index contributed by atoms with van der Waals surface area (Å²) < 4.78 is 57.0. The van der Waals surface area contributed by atoms with Gasteiger partial charge in [-0.25, -0.2) is 17.5 Å². The number of benzene rings is 3. The molecular formula is C27H22ClNO8S. The summed E-state index contributed by atoms with van der Waals surface area (Å²) in [4.78, 5) is 13.9. The highest BCUT2D eigenvalue weighted by Gasteiger charge is 2.44. The minimum atomic E-state index is -4.34. The van der Waals surface area contributed by atoms with Gasteiger partial charge in [0.05, 0.1) is 15.6 Å². The lowest BCUT2D eigenvalue weighted by atomic mass is 9.94. The van der Waals surface area contributed by atoms with Crippen molar-refractivity contribution in [2.75, 3.05) is 17.9 Å². The quantitative estimate of drug-likeness (QED) is 0.411. The highest BCUT2D eigenvalue weighted by atomic mass is 35.5. The number of carbonyl (C=O) groups is 1. The largest absolute Gasteiger partial charge is 0.455 e. The van der Waals surface area contributed by atoms with Crippen molar-refractivity contribution in [3.63, 3.8) is 0 Å². The van der Waals surface area contributed by atoms with E-state index in [1.807, 2.05) is 0 Å². The van der Waals surface area contributed by atoms with E-state index in [4.69, 9.17) is 35.3 Å². The van der Waals surface area contributed by atoms with Crippen LogP contribution in [-0.4, -0.2) is 33.6 Å². The van der Waals surface area contributed by atoms with Crippen molar-refractivity contribution in [2.45, 2.75) is 31.3 Å². The molecule has 11 heteroatoms. The Morgan fingerprint density at radius 1 is 0.895 bits per heavy atom. The normalized spacial score (nSPS) is 16.9. The first-order valence-corrected chi connectivity index (χ1v) is 13.5. The number of sulfonamides is 1. The summed E-state index contributed by atoms with van der Waals surface area (Å²) in [6.45, 7) is 5.13. The smallest absolute Gasteiger partial charge is 0.357 e. The molecule has 3 aromatic carbocycles. The summed E-state index contributed by atoms with van der Waals surface area (Å²) in [5.74, 6) is 0.827. The van der Waals surface area contributed by atoms with Crippen molar-refractivity contribution in [2.24, 2.45) is 0 Å². The molecule has 0 fully saturated rings. The minimum absolute atomic E-state index is 0.00582. The molecule has 0 bridgehead atoms. The number of nitrogens with zero attached hydrogens (tertiary/aromatic N) is 1.